The number of amides is 1. The lowest BCUT2D eigenvalue weighted by Crippen LogP contribution is -2.29. The SMILES string of the molecule is COc1cc(C2/C(=C(/O)c3ccccc3)C(=O)C(=O)N2c2nnc(SCc3ccccc3F)s2)ccc1OCCC(C)C. The van der Waals surface area contributed by atoms with E-state index in [4.69, 9.17) is 9.47 Å². The molecular formula is C32H30FN3O5S2. The molecule has 1 unspecified atom stereocenters. The molecular weight excluding hydrogens is 590 g/mol. The fourth-order valence-electron chi connectivity index (χ4n) is 4.59. The Morgan fingerprint density at radius 2 is 1.79 bits per heavy atom. The van der Waals surface area contributed by atoms with Gasteiger partial charge in [-0.3, -0.25) is 14.5 Å². The topological polar surface area (TPSA) is 102 Å². The molecule has 1 atom stereocenters. The number of ketones is 1. The number of Topliss-reactive ketones (excluding diaryl/α,β-unsaturated/α-hetero) is 1. The van der Waals surface area contributed by atoms with Gasteiger partial charge in [-0.1, -0.05) is 91.5 Å². The van der Waals surface area contributed by atoms with Gasteiger partial charge >= 0.3 is 5.91 Å². The molecule has 5 rings (SSSR count). The van der Waals surface area contributed by atoms with Crippen molar-refractivity contribution in [3.8, 4) is 11.5 Å². The molecule has 1 aliphatic heterocycles. The summed E-state index contributed by atoms with van der Waals surface area (Å²) in [6, 6.07) is 19.2. The molecule has 222 valence electrons. The first kappa shape index (κ1) is 30.2. The fourth-order valence-corrected chi connectivity index (χ4v) is 6.44. The Balaban J connectivity index is 1.54. The van der Waals surface area contributed by atoms with Gasteiger partial charge < -0.3 is 14.6 Å². The van der Waals surface area contributed by atoms with Gasteiger partial charge in [0, 0.05) is 11.3 Å². The summed E-state index contributed by atoms with van der Waals surface area (Å²) >= 11 is 2.38. The van der Waals surface area contributed by atoms with Crippen LogP contribution in [0.2, 0.25) is 0 Å². The van der Waals surface area contributed by atoms with E-state index in [0.717, 1.165) is 17.8 Å². The third kappa shape index (κ3) is 6.57. The second-order valence-electron chi connectivity index (χ2n) is 10.2. The normalized spacial score (nSPS) is 16.2. The molecule has 1 N–H and O–H groups in total. The number of carbonyl (C=O) groups excluding carboxylic acids is 2. The Kier molecular flexibility index (Phi) is 9.42. The first-order chi connectivity index (χ1) is 20.8. The molecule has 0 spiro atoms. The van der Waals surface area contributed by atoms with Crippen molar-refractivity contribution in [1.29, 1.82) is 0 Å². The lowest BCUT2D eigenvalue weighted by Gasteiger charge is -2.23. The monoisotopic (exact) mass is 619 g/mol. The number of hydrogen-bond acceptors (Lipinski definition) is 9. The van der Waals surface area contributed by atoms with Gasteiger partial charge in [0.15, 0.2) is 15.8 Å². The lowest BCUT2D eigenvalue weighted by atomic mass is 9.95. The number of anilines is 1. The van der Waals surface area contributed by atoms with Gasteiger partial charge in [0.25, 0.3) is 5.78 Å². The smallest absolute Gasteiger partial charge is 0.301 e. The van der Waals surface area contributed by atoms with Crippen LogP contribution in [0.15, 0.2) is 82.7 Å². The molecule has 0 radical (unpaired) electrons. The van der Waals surface area contributed by atoms with Crippen molar-refractivity contribution in [1.82, 2.24) is 10.2 Å². The lowest BCUT2D eigenvalue weighted by molar-refractivity contribution is -0.132. The van der Waals surface area contributed by atoms with Crippen molar-refractivity contribution < 1.29 is 28.6 Å². The van der Waals surface area contributed by atoms with Crippen LogP contribution in [-0.2, 0) is 15.3 Å². The van der Waals surface area contributed by atoms with Crippen LogP contribution in [0.4, 0.5) is 9.52 Å². The Morgan fingerprint density at radius 1 is 1.05 bits per heavy atom. The van der Waals surface area contributed by atoms with Gasteiger partial charge in [-0.2, -0.15) is 0 Å². The molecule has 3 aromatic carbocycles. The summed E-state index contributed by atoms with van der Waals surface area (Å²) in [4.78, 5) is 28.3. The minimum Gasteiger partial charge on any atom is -0.507 e. The molecule has 2 heterocycles. The maximum atomic E-state index is 14.1. The molecule has 1 saturated heterocycles. The molecule has 8 nitrogen and oxygen atoms in total. The first-order valence-electron chi connectivity index (χ1n) is 13.6. The number of rotatable bonds is 11. The Labute approximate surface area is 257 Å². The highest BCUT2D eigenvalue weighted by Crippen LogP contribution is 2.45. The molecule has 1 fully saturated rings. The van der Waals surface area contributed by atoms with Crippen LogP contribution < -0.4 is 14.4 Å². The van der Waals surface area contributed by atoms with Crippen LogP contribution in [0, 0.1) is 11.7 Å². The number of aliphatic hydroxyl groups excluding tert-OH is 1. The third-order valence-corrected chi connectivity index (χ3v) is 8.96. The number of nitrogens with zero attached hydrogens (tertiary/aromatic N) is 3. The number of hydrogen-bond donors (Lipinski definition) is 1. The van der Waals surface area contributed by atoms with E-state index in [1.54, 1.807) is 66.7 Å². The molecule has 0 saturated carbocycles. The van der Waals surface area contributed by atoms with Gasteiger partial charge in [-0.05, 0) is 41.7 Å². The molecule has 43 heavy (non-hydrogen) atoms. The zero-order valence-corrected chi connectivity index (χ0v) is 25.5. The number of benzene rings is 3. The fraction of sp³-hybridized carbons (Fsp3) is 0.250. The molecule has 1 aliphatic rings. The van der Waals surface area contributed by atoms with Crippen LogP contribution in [-0.4, -0.2) is 40.7 Å². The molecule has 0 bridgehead atoms. The highest BCUT2D eigenvalue weighted by Gasteiger charge is 2.48. The molecule has 1 amide bonds. The van der Waals surface area contributed by atoms with Crippen LogP contribution in [0.1, 0.15) is 43.0 Å². The van der Waals surface area contributed by atoms with Crippen molar-refractivity contribution in [2.24, 2.45) is 5.92 Å². The predicted octanol–water partition coefficient (Wildman–Crippen LogP) is 7.03. The highest BCUT2D eigenvalue weighted by molar-refractivity contribution is 8.00. The summed E-state index contributed by atoms with van der Waals surface area (Å²) in [5.74, 6) is -0.603. The van der Waals surface area contributed by atoms with Gasteiger partial charge in [0.2, 0.25) is 5.13 Å². The van der Waals surface area contributed by atoms with Gasteiger partial charge in [0.05, 0.1) is 25.3 Å². The van der Waals surface area contributed by atoms with Crippen molar-refractivity contribution in [3.05, 3.63) is 101 Å². The molecule has 1 aromatic heterocycles. The summed E-state index contributed by atoms with van der Waals surface area (Å²) in [5.41, 5.74) is 1.34. The molecule has 11 heteroatoms. The third-order valence-electron chi connectivity index (χ3n) is 6.86. The second-order valence-corrected chi connectivity index (χ2v) is 12.4. The summed E-state index contributed by atoms with van der Waals surface area (Å²) in [7, 11) is 1.51. The van der Waals surface area contributed by atoms with E-state index < -0.39 is 17.7 Å². The average Bonchev–Trinajstić information content (AvgIpc) is 3.58. The van der Waals surface area contributed by atoms with Crippen molar-refractivity contribution in [2.45, 2.75) is 36.4 Å². The largest absolute Gasteiger partial charge is 0.507 e. The Bertz CT molecular complexity index is 1660. The quantitative estimate of drug-likeness (QED) is 0.0628. The minimum absolute atomic E-state index is 0.0810. The van der Waals surface area contributed by atoms with Crippen molar-refractivity contribution >= 4 is 45.7 Å². The Hall–Kier alpha value is -4.22. The summed E-state index contributed by atoms with van der Waals surface area (Å²) in [6.45, 7) is 4.71. The first-order valence-corrected chi connectivity index (χ1v) is 15.5. The van der Waals surface area contributed by atoms with Crippen LogP contribution in [0.3, 0.4) is 0 Å². The predicted molar refractivity (Wildman–Crippen MR) is 165 cm³/mol. The van der Waals surface area contributed by atoms with Gasteiger partial charge in [-0.15, -0.1) is 10.2 Å². The van der Waals surface area contributed by atoms with Crippen LogP contribution >= 0.6 is 23.1 Å². The zero-order chi connectivity index (χ0) is 30.5. The van der Waals surface area contributed by atoms with Crippen LogP contribution in [0.25, 0.3) is 5.76 Å². The maximum Gasteiger partial charge on any atom is 0.301 e. The number of carbonyl (C=O) groups is 2. The average molecular weight is 620 g/mol. The summed E-state index contributed by atoms with van der Waals surface area (Å²) in [5, 5.41) is 19.9. The number of aromatic nitrogens is 2. The number of thioether (sulfide) groups is 1. The summed E-state index contributed by atoms with van der Waals surface area (Å²) in [6.07, 6.45) is 0.858. The zero-order valence-electron chi connectivity index (χ0n) is 23.8. The van der Waals surface area contributed by atoms with E-state index in [1.165, 1.54) is 29.8 Å². The van der Waals surface area contributed by atoms with E-state index >= 15 is 0 Å². The Morgan fingerprint density at radius 3 is 2.51 bits per heavy atom. The van der Waals surface area contributed by atoms with Crippen LogP contribution in [0.5, 0.6) is 11.5 Å². The number of methoxy groups -OCH3 is 1. The van der Waals surface area contributed by atoms with E-state index in [1.807, 2.05) is 0 Å². The van der Waals surface area contributed by atoms with E-state index in [9.17, 15) is 19.1 Å². The number of ether oxygens (including phenoxy) is 2. The second kappa shape index (κ2) is 13.4. The maximum absolute atomic E-state index is 14.1. The number of aliphatic hydroxyl groups is 1. The number of halogens is 1. The van der Waals surface area contributed by atoms with Crippen molar-refractivity contribution in [2.75, 3.05) is 18.6 Å². The standard InChI is InChI=1S/C32H30FN3O5S2/c1-19(2)15-16-41-24-14-13-21(17-25(24)40-3)27-26(28(37)20-9-5-4-6-10-20)29(38)30(39)36(27)31-34-35-32(43-31)42-18-22-11-7-8-12-23(22)33/h4-14,17,19,27,37H,15-16,18H2,1-3H3/b28-26-. The summed E-state index contributed by atoms with van der Waals surface area (Å²) < 4.78 is 26.2. The van der Waals surface area contributed by atoms with Crippen molar-refractivity contribution in [3.63, 3.8) is 0 Å². The van der Waals surface area contributed by atoms with Gasteiger partial charge in [-0.25, -0.2) is 4.39 Å². The van der Waals surface area contributed by atoms with E-state index in [-0.39, 0.29) is 22.3 Å². The molecule has 0 aliphatic carbocycles. The van der Waals surface area contributed by atoms with Gasteiger partial charge in [0.1, 0.15) is 11.6 Å². The minimum atomic E-state index is -1.02. The van der Waals surface area contributed by atoms with E-state index in [2.05, 4.69) is 24.0 Å². The van der Waals surface area contributed by atoms with E-state index in [0.29, 0.717) is 50.8 Å². The highest BCUT2D eigenvalue weighted by atomic mass is 32.2. The molecule has 4 aromatic rings.